The molecule has 0 saturated heterocycles. The summed E-state index contributed by atoms with van der Waals surface area (Å²) in [7, 11) is 0. The van der Waals surface area contributed by atoms with Crippen LogP contribution in [0.25, 0.3) is 0 Å². The van der Waals surface area contributed by atoms with Gasteiger partial charge in [-0.05, 0) is 6.07 Å². The van der Waals surface area contributed by atoms with Crippen LogP contribution in [0.5, 0.6) is 0 Å². The molecule has 1 heterocycles. The van der Waals surface area contributed by atoms with Crippen molar-refractivity contribution in [1.29, 1.82) is 0 Å². The highest BCUT2D eigenvalue weighted by atomic mass is 16.7. The summed E-state index contributed by atoms with van der Waals surface area (Å²) in [4.78, 5) is 14.3. The number of hydrogen-bond donors (Lipinski definition) is 1. The molecule has 5 nitrogen and oxygen atoms in total. The summed E-state index contributed by atoms with van der Waals surface area (Å²) in [6.45, 7) is 0. The molecule has 1 aromatic rings. The van der Waals surface area contributed by atoms with Crippen LogP contribution in [-0.4, -0.2) is 15.9 Å². The van der Waals surface area contributed by atoms with E-state index in [1.54, 1.807) is 6.07 Å². The minimum atomic E-state index is -0.694. The van der Waals surface area contributed by atoms with Gasteiger partial charge in [-0.25, -0.2) is 4.79 Å². The third-order valence-corrected chi connectivity index (χ3v) is 0.792. The highest BCUT2D eigenvalue weighted by Crippen LogP contribution is 1.83. The minimum absolute atomic E-state index is 0.694. The molecule has 9 heavy (non-hydrogen) atoms. The zero-order valence-corrected chi connectivity index (χ0v) is 4.52. The largest absolute Gasteiger partial charge is 0.453 e. The minimum Gasteiger partial charge on any atom is -0.355 e. The van der Waals surface area contributed by atoms with Gasteiger partial charge in [-0.1, -0.05) is 0 Å². The van der Waals surface area contributed by atoms with E-state index in [2.05, 4.69) is 15.8 Å². The summed E-state index contributed by atoms with van der Waals surface area (Å²) in [5, 5.41) is 3.55. The molecule has 0 bridgehead atoms. The zero-order valence-electron chi connectivity index (χ0n) is 4.52. The van der Waals surface area contributed by atoms with E-state index in [1.165, 1.54) is 12.4 Å². The van der Waals surface area contributed by atoms with Gasteiger partial charge in [-0.15, -0.1) is 0 Å². The van der Waals surface area contributed by atoms with Crippen LogP contribution in [0.15, 0.2) is 18.5 Å². The predicted molar refractivity (Wildman–Crippen MR) is 28.3 cm³/mol. The van der Waals surface area contributed by atoms with Crippen molar-refractivity contribution < 1.29 is 9.63 Å². The van der Waals surface area contributed by atoms with Crippen LogP contribution >= 0.6 is 0 Å². The summed E-state index contributed by atoms with van der Waals surface area (Å²) in [6, 6.07) is 1.59. The van der Waals surface area contributed by atoms with Crippen LogP contribution in [0.4, 0.5) is 4.79 Å². The fraction of sp³-hybridized carbons (Fsp3) is 0. The zero-order chi connectivity index (χ0) is 6.69. The molecule has 0 radical (unpaired) electrons. The molecule has 48 valence electrons. The van der Waals surface area contributed by atoms with Crippen molar-refractivity contribution in [2.24, 2.45) is 5.90 Å². The quantitative estimate of drug-likeness (QED) is 0.487. The SMILES string of the molecule is NOC(=O)n1cccn1. The summed E-state index contributed by atoms with van der Waals surface area (Å²) in [5.74, 6) is 4.55. The molecular weight excluding hydrogens is 122 g/mol. The molecule has 0 fully saturated rings. The molecule has 0 aromatic carbocycles. The van der Waals surface area contributed by atoms with Gasteiger partial charge in [-0.2, -0.15) is 15.7 Å². The van der Waals surface area contributed by atoms with Gasteiger partial charge in [-0.3, -0.25) is 0 Å². The number of carbonyl (C=O) groups excluding carboxylic acids is 1. The summed E-state index contributed by atoms with van der Waals surface area (Å²) in [6.07, 6.45) is 2.20. The van der Waals surface area contributed by atoms with Crippen LogP contribution in [-0.2, 0) is 4.84 Å². The van der Waals surface area contributed by atoms with Gasteiger partial charge in [0, 0.05) is 12.4 Å². The standard InChI is InChI=1S/C4H5N3O2/c5-9-4(8)7-3-1-2-6-7/h1-3H,5H2. The summed E-state index contributed by atoms with van der Waals surface area (Å²) < 4.78 is 0.986. The Morgan fingerprint density at radius 3 is 3.00 bits per heavy atom. The second kappa shape index (κ2) is 2.27. The Morgan fingerprint density at radius 2 is 2.56 bits per heavy atom. The molecule has 5 heteroatoms. The molecular formula is C4H5N3O2. The van der Waals surface area contributed by atoms with Crippen molar-refractivity contribution in [3.63, 3.8) is 0 Å². The normalized spacial score (nSPS) is 9.00. The first-order valence-corrected chi connectivity index (χ1v) is 2.25. The molecule has 1 rings (SSSR count). The van der Waals surface area contributed by atoms with Crippen LogP contribution in [0.3, 0.4) is 0 Å². The molecule has 0 amide bonds. The number of carbonyl (C=O) groups is 1. The van der Waals surface area contributed by atoms with Gasteiger partial charge in [0.2, 0.25) is 0 Å². The van der Waals surface area contributed by atoms with Gasteiger partial charge < -0.3 is 4.84 Å². The maximum absolute atomic E-state index is 10.4. The second-order valence-corrected chi connectivity index (χ2v) is 1.33. The second-order valence-electron chi connectivity index (χ2n) is 1.33. The van der Waals surface area contributed by atoms with Crippen molar-refractivity contribution in [2.45, 2.75) is 0 Å². The van der Waals surface area contributed by atoms with E-state index in [1.807, 2.05) is 0 Å². The first-order valence-electron chi connectivity index (χ1n) is 2.25. The Morgan fingerprint density at radius 1 is 1.78 bits per heavy atom. The van der Waals surface area contributed by atoms with Crippen molar-refractivity contribution >= 4 is 6.09 Å². The van der Waals surface area contributed by atoms with Gasteiger partial charge in [0.25, 0.3) is 0 Å². The van der Waals surface area contributed by atoms with Gasteiger partial charge in [0.15, 0.2) is 0 Å². The van der Waals surface area contributed by atoms with E-state index in [4.69, 9.17) is 0 Å². The van der Waals surface area contributed by atoms with E-state index in [9.17, 15) is 4.79 Å². The molecule has 0 atom stereocenters. The van der Waals surface area contributed by atoms with E-state index in [-0.39, 0.29) is 0 Å². The molecule has 1 aromatic heterocycles. The third kappa shape index (κ3) is 1.06. The van der Waals surface area contributed by atoms with E-state index >= 15 is 0 Å². The van der Waals surface area contributed by atoms with Crippen LogP contribution in [0.2, 0.25) is 0 Å². The topological polar surface area (TPSA) is 70.1 Å². The van der Waals surface area contributed by atoms with Crippen LogP contribution in [0, 0.1) is 0 Å². The Hall–Kier alpha value is -1.36. The molecule has 0 aliphatic heterocycles. The average Bonchev–Trinajstić information content (AvgIpc) is 2.37. The van der Waals surface area contributed by atoms with Crippen molar-refractivity contribution in [3.8, 4) is 0 Å². The Bertz CT molecular complexity index is 194. The molecule has 0 saturated carbocycles. The van der Waals surface area contributed by atoms with Crippen molar-refractivity contribution in [2.75, 3.05) is 0 Å². The van der Waals surface area contributed by atoms with Crippen LogP contribution in [0.1, 0.15) is 0 Å². The number of nitrogens with zero attached hydrogens (tertiary/aromatic N) is 2. The fourth-order valence-corrected chi connectivity index (χ4v) is 0.431. The maximum atomic E-state index is 10.4. The lowest BCUT2D eigenvalue weighted by Gasteiger charge is -1.92. The van der Waals surface area contributed by atoms with Crippen molar-refractivity contribution in [1.82, 2.24) is 9.78 Å². The summed E-state index contributed by atoms with van der Waals surface area (Å²) in [5.41, 5.74) is 0. The average molecular weight is 127 g/mol. The maximum Gasteiger partial charge on any atom is 0.453 e. The van der Waals surface area contributed by atoms with Gasteiger partial charge >= 0.3 is 6.09 Å². The van der Waals surface area contributed by atoms with Crippen molar-refractivity contribution in [3.05, 3.63) is 18.5 Å². The van der Waals surface area contributed by atoms with Crippen LogP contribution < -0.4 is 5.90 Å². The monoisotopic (exact) mass is 127 g/mol. The molecule has 0 spiro atoms. The Balaban J connectivity index is 2.77. The molecule has 0 aliphatic rings. The summed E-state index contributed by atoms with van der Waals surface area (Å²) >= 11 is 0. The fourth-order valence-electron chi connectivity index (χ4n) is 0.431. The first-order chi connectivity index (χ1) is 4.34. The molecule has 0 aliphatic carbocycles. The number of rotatable bonds is 0. The predicted octanol–water partition coefficient (Wildman–Crippen LogP) is -0.259. The number of nitrogens with two attached hydrogens (primary N) is 1. The lowest BCUT2D eigenvalue weighted by molar-refractivity contribution is 0.146. The first kappa shape index (κ1) is 5.77. The molecule has 2 N–H and O–H groups in total. The van der Waals surface area contributed by atoms with E-state index in [0.29, 0.717) is 0 Å². The van der Waals surface area contributed by atoms with E-state index in [0.717, 1.165) is 4.68 Å². The van der Waals surface area contributed by atoms with E-state index < -0.39 is 6.09 Å². The third-order valence-electron chi connectivity index (χ3n) is 0.792. The lowest BCUT2D eigenvalue weighted by atomic mass is 10.8. The van der Waals surface area contributed by atoms with Gasteiger partial charge in [0.1, 0.15) is 0 Å². The Labute approximate surface area is 51.0 Å². The molecule has 0 unspecified atom stereocenters. The lowest BCUT2D eigenvalue weighted by Crippen LogP contribution is -2.17. The smallest absolute Gasteiger partial charge is 0.355 e. The van der Waals surface area contributed by atoms with Gasteiger partial charge in [0.05, 0.1) is 0 Å². The highest BCUT2D eigenvalue weighted by Gasteiger charge is 2.00. The Kier molecular flexibility index (Phi) is 1.46. The number of hydrogen-bond acceptors (Lipinski definition) is 4. The highest BCUT2D eigenvalue weighted by molar-refractivity contribution is 5.68. The number of aromatic nitrogens is 2.